The molecule has 9 heteroatoms. The smallest absolute Gasteiger partial charge is 0.407 e. The molecule has 3 aromatic rings. The van der Waals surface area contributed by atoms with Crippen LogP contribution in [0.15, 0.2) is 66.9 Å². The Labute approximate surface area is 195 Å². The second-order valence-corrected chi connectivity index (χ2v) is 7.67. The number of hydrogen-bond donors (Lipinski definition) is 3. The van der Waals surface area contributed by atoms with E-state index in [1.54, 1.807) is 12.1 Å². The number of carboxylic acid groups (broad SMARTS) is 1. The lowest BCUT2D eigenvalue weighted by Gasteiger charge is -2.19. The fraction of sp³-hybridized carbons (Fsp3) is 0.200. The van der Waals surface area contributed by atoms with Gasteiger partial charge in [0.1, 0.15) is 18.3 Å². The number of amides is 2. The van der Waals surface area contributed by atoms with Crippen molar-refractivity contribution < 1.29 is 29.0 Å². The summed E-state index contributed by atoms with van der Waals surface area (Å²) >= 11 is 0. The first-order valence-corrected chi connectivity index (χ1v) is 10.6. The number of carbonyl (C=O) groups excluding carboxylic acids is 2. The van der Waals surface area contributed by atoms with Gasteiger partial charge in [-0.1, -0.05) is 48.5 Å². The van der Waals surface area contributed by atoms with Gasteiger partial charge in [0.05, 0.1) is 13.5 Å². The molecule has 2 amide bonds. The van der Waals surface area contributed by atoms with Crippen LogP contribution in [0.25, 0.3) is 11.1 Å². The second kappa shape index (κ2) is 10.0. The van der Waals surface area contributed by atoms with E-state index in [9.17, 15) is 19.5 Å². The van der Waals surface area contributed by atoms with Crippen LogP contribution in [0, 0.1) is 0 Å². The fourth-order valence-corrected chi connectivity index (χ4v) is 4.03. The van der Waals surface area contributed by atoms with Crippen LogP contribution in [-0.2, 0) is 14.3 Å². The van der Waals surface area contributed by atoms with E-state index >= 15 is 0 Å². The molecule has 0 fully saturated rings. The number of ether oxygens (including phenoxy) is 2. The van der Waals surface area contributed by atoms with Crippen molar-refractivity contribution >= 4 is 23.7 Å². The monoisotopic (exact) mass is 461 g/mol. The first-order valence-electron chi connectivity index (χ1n) is 10.6. The number of anilines is 1. The van der Waals surface area contributed by atoms with E-state index in [1.807, 2.05) is 48.5 Å². The van der Waals surface area contributed by atoms with Crippen LogP contribution in [0.2, 0.25) is 0 Å². The summed E-state index contributed by atoms with van der Waals surface area (Å²) in [6, 6.07) is 17.6. The topological polar surface area (TPSA) is 127 Å². The molecule has 0 saturated carbocycles. The summed E-state index contributed by atoms with van der Waals surface area (Å²) in [7, 11) is 1.39. The second-order valence-electron chi connectivity index (χ2n) is 7.67. The molecule has 1 aliphatic carbocycles. The molecule has 0 radical (unpaired) electrons. The molecule has 174 valence electrons. The predicted octanol–water partition coefficient (Wildman–Crippen LogP) is 3.41. The van der Waals surface area contributed by atoms with Gasteiger partial charge in [-0.05, 0) is 34.4 Å². The fourth-order valence-electron chi connectivity index (χ4n) is 4.03. The Bertz CT molecular complexity index is 1180. The summed E-state index contributed by atoms with van der Waals surface area (Å²) in [5, 5.41) is 14.1. The molecule has 34 heavy (non-hydrogen) atoms. The first-order chi connectivity index (χ1) is 16.5. The van der Waals surface area contributed by atoms with Gasteiger partial charge in [-0.15, -0.1) is 0 Å². The molecule has 1 aliphatic rings. The maximum absolute atomic E-state index is 12.7. The minimum absolute atomic E-state index is 0.0394. The molecule has 3 N–H and O–H groups in total. The molecule has 0 aliphatic heterocycles. The minimum atomic E-state index is -1.36. The Kier molecular flexibility index (Phi) is 6.72. The van der Waals surface area contributed by atoms with Crippen LogP contribution >= 0.6 is 0 Å². The molecule has 0 bridgehead atoms. The van der Waals surface area contributed by atoms with Gasteiger partial charge in [-0.25, -0.2) is 9.78 Å². The van der Waals surface area contributed by atoms with Crippen LogP contribution < -0.4 is 15.4 Å². The van der Waals surface area contributed by atoms with E-state index < -0.39 is 30.4 Å². The molecular formula is C25H23N3O6. The summed E-state index contributed by atoms with van der Waals surface area (Å²) in [6.07, 6.45) is -0.0297. The van der Waals surface area contributed by atoms with Crippen molar-refractivity contribution in [2.45, 2.75) is 18.4 Å². The summed E-state index contributed by atoms with van der Waals surface area (Å²) < 4.78 is 10.5. The Balaban J connectivity index is 1.44. The van der Waals surface area contributed by atoms with Gasteiger partial charge in [0.15, 0.2) is 0 Å². The zero-order valence-electron chi connectivity index (χ0n) is 18.4. The van der Waals surface area contributed by atoms with Crippen molar-refractivity contribution in [3.63, 3.8) is 0 Å². The van der Waals surface area contributed by atoms with Crippen molar-refractivity contribution in [2.75, 3.05) is 19.0 Å². The van der Waals surface area contributed by atoms with Gasteiger partial charge in [0.2, 0.25) is 11.8 Å². The van der Waals surface area contributed by atoms with Crippen molar-refractivity contribution in [1.29, 1.82) is 0 Å². The number of rotatable bonds is 8. The Morgan fingerprint density at radius 3 is 2.26 bits per heavy atom. The van der Waals surface area contributed by atoms with Gasteiger partial charge in [-0.3, -0.25) is 9.59 Å². The SMILES string of the molecule is COc1ncccc1NC(=O)C(CC(=O)O)NC(=O)OCC1c2ccccc2-c2ccccc21. The van der Waals surface area contributed by atoms with Crippen LogP contribution in [0.5, 0.6) is 5.88 Å². The van der Waals surface area contributed by atoms with Crippen molar-refractivity contribution in [3.8, 4) is 17.0 Å². The van der Waals surface area contributed by atoms with Crippen molar-refractivity contribution in [2.24, 2.45) is 0 Å². The van der Waals surface area contributed by atoms with Crippen molar-refractivity contribution in [1.82, 2.24) is 10.3 Å². The first kappa shape index (κ1) is 22.8. The third kappa shape index (κ3) is 4.83. The van der Waals surface area contributed by atoms with Crippen LogP contribution in [0.4, 0.5) is 10.5 Å². The number of benzene rings is 2. The van der Waals surface area contributed by atoms with E-state index in [0.29, 0.717) is 0 Å². The molecule has 9 nitrogen and oxygen atoms in total. The van der Waals surface area contributed by atoms with Gasteiger partial charge >= 0.3 is 12.1 Å². The minimum Gasteiger partial charge on any atom is -0.481 e. The normalized spacial score (nSPS) is 12.7. The van der Waals surface area contributed by atoms with Crippen molar-refractivity contribution in [3.05, 3.63) is 78.0 Å². The molecule has 4 rings (SSSR count). The largest absolute Gasteiger partial charge is 0.481 e. The quantitative estimate of drug-likeness (QED) is 0.469. The van der Waals surface area contributed by atoms with Crippen LogP contribution in [0.1, 0.15) is 23.5 Å². The average molecular weight is 461 g/mol. The lowest BCUT2D eigenvalue weighted by molar-refractivity contribution is -0.139. The summed E-state index contributed by atoms with van der Waals surface area (Å²) in [5.41, 5.74) is 4.50. The van der Waals surface area contributed by atoms with E-state index in [-0.39, 0.29) is 24.1 Å². The molecule has 0 saturated heterocycles. The number of carboxylic acids is 1. The van der Waals surface area contributed by atoms with E-state index in [1.165, 1.54) is 13.3 Å². The lowest BCUT2D eigenvalue weighted by Crippen LogP contribution is -2.45. The van der Waals surface area contributed by atoms with Crippen LogP contribution in [-0.4, -0.2) is 47.8 Å². The maximum atomic E-state index is 12.7. The Morgan fingerprint density at radius 1 is 1.00 bits per heavy atom. The number of carbonyl (C=O) groups is 3. The number of methoxy groups -OCH3 is 1. The Hall–Kier alpha value is -4.40. The van der Waals surface area contributed by atoms with E-state index in [4.69, 9.17) is 9.47 Å². The highest BCUT2D eigenvalue weighted by Gasteiger charge is 2.30. The summed E-state index contributed by atoms with van der Waals surface area (Å²) in [5.74, 6) is -1.99. The van der Waals surface area contributed by atoms with Gasteiger partial charge in [0, 0.05) is 12.1 Å². The van der Waals surface area contributed by atoms with E-state index in [2.05, 4.69) is 15.6 Å². The number of pyridine rings is 1. The number of hydrogen-bond acceptors (Lipinski definition) is 6. The lowest BCUT2D eigenvalue weighted by atomic mass is 9.98. The van der Waals surface area contributed by atoms with E-state index in [0.717, 1.165) is 22.3 Å². The predicted molar refractivity (Wildman–Crippen MR) is 124 cm³/mol. The highest BCUT2D eigenvalue weighted by Crippen LogP contribution is 2.44. The summed E-state index contributed by atoms with van der Waals surface area (Å²) in [4.78, 5) is 40.5. The van der Waals surface area contributed by atoms with Gasteiger partial charge in [-0.2, -0.15) is 0 Å². The molecule has 2 aromatic carbocycles. The average Bonchev–Trinajstić information content (AvgIpc) is 3.16. The molecule has 1 heterocycles. The standard InChI is InChI=1S/C25H23N3O6/c1-33-24-20(11-6-12-26-24)27-23(31)21(13-22(29)30)28-25(32)34-14-19-17-9-4-2-7-15(17)16-8-3-5-10-18(16)19/h2-12,19,21H,13-14H2,1H3,(H,27,31)(H,28,32)(H,29,30). The molecular weight excluding hydrogens is 438 g/mol. The van der Waals surface area contributed by atoms with Gasteiger partial charge < -0.3 is 25.2 Å². The zero-order chi connectivity index (χ0) is 24.1. The maximum Gasteiger partial charge on any atom is 0.407 e. The summed E-state index contributed by atoms with van der Waals surface area (Å²) in [6.45, 7) is 0.0394. The molecule has 0 spiro atoms. The number of alkyl carbamates (subject to hydrolysis) is 1. The molecule has 1 aromatic heterocycles. The van der Waals surface area contributed by atoms with Crippen LogP contribution in [0.3, 0.4) is 0 Å². The number of nitrogens with one attached hydrogen (secondary N) is 2. The number of aromatic nitrogens is 1. The molecule has 1 unspecified atom stereocenters. The number of fused-ring (bicyclic) bond motifs is 3. The third-order valence-electron chi connectivity index (χ3n) is 5.55. The third-order valence-corrected chi connectivity index (χ3v) is 5.55. The molecule has 1 atom stereocenters. The number of aliphatic carboxylic acids is 1. The highest BCUT2D eigenvalue weighted by molar-refractivity contribution is 5.99. The zero-order valence-corrected chi connectivity index (χ0v) is 18.4. The van der Waals surface area contributed by atoms with Gasteiger partial charge in [0.25, 0.3) is 0 Å². The number of nitrogens with zero attached hydrogens (tertiary/aromatic N) is 1. The Morgan fingerprint density at radius 2 is 1.65 bits per heavy atom. The highest BCUT2D eigenvalue weighted by atomic mass is 16.5.